The van der Waals surface area contributed by atoms with E-state index in [0.717, 1.165) is 12.0 Å². The zero-order valence-corrected chi connectivity index (χ0v) is 11.3. The first-order chi connectivity index (χ1) is 9.31. The third kappa shape index (κ3) is 3.77. The Morgan fingerprint density at radius 1 is 1.32 bits per heavy atom. The fourth-order valence-corrected chi connectivity index (χ4v) is 2.45. The summed E-state index contributed by atoms with van der Waals surface area (Å²) in [7, 11) is 0. The molecule has 1 aromatic carbocycles. The summed E-state index contributed by atoms with van der Waals surface area (Å²) in [5, 5.41) is 4.09. The van der Waals surface area contributed by atoms with E-state index >= 15 is 0 Å². The van der Waals surface area contributed by atoms with Crippen molar-refractivity contribution in [2.75, 3.05) is 0 Å². The molecule has 1 aromatic heterocycles. The van der Waals surface area contributed by atoms with Gasteiger partial charge in [-0.1, -0.05) is 24.3 Å². The van der Waals surface area contributed by atoms with E-state index in [1.807, 2.05) is 35.7 Å². The molecule has 0 aliphatic heterocycles. The van der Waals surface area contributed by atoms with Gasteiger partial charge in [0, 0.05) is 5.56 Å². The summed E-state index contributed by atoms with van der Waals surface area (Å²) in [6, 6.07) is 11.2. The van der Waals surface area contributed by atoms with Gasteiger partial charge in [-0.25, -0.2) is 5.43 Å². The van der Waals surface area contributed by atoms with Gasteiger partial charge < -0.3 is 0 Å². The Labute approximate surface area is 116 Å². The Balaban J connectivity index is 1.96. The lowest BCUT2D eigenvalue weighted by Crippen LogP contribution is -2.39. The Morgan fingerprint density at radius 2 is 2.11 bits per heavy atom. The van der Waals surface area contributed by atoms with Crippen molar-refractivity contribution in [3.8, 4) is 0 Å². The van der Waals surface area contributed by atoms with Gasteiger partial charge in [-0.15, -0.1) is 6.58 Å². The van der Waals surface area contributed by atoms with Gasteiger partial charge in [0.2, 0.25) is 0 Å². The summed E-state index contributed by atoms with van der Waals surface area (Å²) in [4.78, 5) is 11.9. The van der Waals surface area contributed by atoms with Crippen molar-refractivity contribution < 1.29 is 4.79 Å². The summed E-state index contributed by atoms with van der Waals surface area (Å²) < 4.78 is 0. The minimum atomic E-state index is -0.134. The first-order valence-electron chi connectivity index (χ1n) is 6.05. The molecule has 1 heterocycles. The summed E-state index contributed by atoms with van der Waals surface area (Å²) in [6.45, 7) is 3.75. The third-order valence-electron chi connectivity index (χ3n) is 2.74. The van der Waals surface area contributed by atoms with Crippen LogP contribution < -0.4 is 10.9 Å². The summed E-state index contributed by atoms with van der Waals surface area (Å²) >= 11 is 1.64. The number of benzene rings is 1. The fourth-order valence-electron chi connectivity index (χ4n) is 1.73. The minimum Gasteiger partial charge on any atom is -0.287 e. The van der Waals surface area contributed by atoms with Crippen molar-refractivity contribution in [1.29, 1.82) is 0 Å². The predicted octanol–water partition coefficient (Wildman–Crippen LogP) is 3.30. The smallest absolute Gasteiger partial charge is 0.265 e. The highest BCUT2D eigenvalue weighted by Crippen LogP contribution is 2.19. The molecule has 1 unspecified atom stereocenters. The Bertz CT molecular complexity index is 522. The van der Waals surface area contributed by atoms with Crippen LogP contribution in [0.3, 0.4) is 0 Å². The first-order valence-corrected chi connectivity index (χ1v) is 6.99. The third-order valence-corrected chi connectivity index (χ3v) is 3.45. The van der Waals surface area contributed by atoms with Gasteiger partial charge in [0.1, 0.15) is 0 Å². The minimum absolute atomic E-state index is 0.0522. The second-order valence-electron chi connectivity index (χ2n) is 4.10. The van der Waals surface area contributed by atoms with Crippen molar-refractivity contribution in [1.82, 2.24) is 10.9 Å². The predicted molar refractivity (Wildman–Crippen MR) is 78.9 cm³/mol. The molecule has 3 nitrogen and oxygen atoms in total. The van der Waals surface area contributed by atoms with Crippen LogP contribution in [0.2, 0.25) is 0 Å². The number of hydrogen-bond acceptors (Lipinski definition) is 3. The first kappa shape index (κ1) is 13.5. The molecule has 0 aliphatic rings. The molecule has 1 atom stereocenters. The van der Waals surface area contributed by atoms with Gasteiger partial charge in [-0.05, 0) is 40.9 Å². The Morgan fingerprint density at radius 3 is 2.74 bits per heavy atom. The molecule has 19 heavy (non-hydrogen) atoms. The zero-order chi connectivity index (χ0) is 13.5. The standard InChI is InChI=1S/C15H16N2OS/c1-2-6-14(13-9-10-19-11-13)16-17-15(18)12-7-4-3-5-8-12/h2-5,7-11,14,16H,1,6H2,(H,17,18). The van der Waals surface area contributed by atoms with Gasteiger partial charge in [0.25, 0.3) is 5.91 Å². The maximum absolute atomic E-state index is 11.9. The molecule has 2 aromatic rings. The molecule has 0 radical (unpaired) electrons. The van der Waals surface area contributed by atoms with Crippen molar-refractivity contribution in [3.63, 3.8) is 0 Å². The molecule has 0 spiro atoms. The second-order valence-corrected chi connectivity index (χ2v) is 4.88. The van der Waals surface area contributed by atoms with E-state index in [-0.39, 0.29) is 11.9 Å². The normalized spacial score (nSPS) is 11.8. The molecule has 2 N–H and O–H groups in total. The number of hydrogen-bond donors (Lipinski definition) is 2. The van der Waals surface area contributed by atoms with E-state index in [9.17, 15) is 4.79 Å². The fraction of sp³-hybridized carbons (Fsp3) is 0.133. The highest BCUT2D eigenvalue weighted by Gasteiger charge is 2.11. The monoisotopic (exact) mass is 272 g/mol. The van der Waals surface area contributed by atoms with Crippen molar-refractivity contribution in [2.45, 2.75) is 12.5 Å². The molecule has 0 fully saturated rings. The number of carbonyl (C=O) groups excluding carboxylic acids is 1. The quantitative estimate of drug-likeness (QED) is 0.626. The average Bonchev–Trinajstić information content (AvgIpc) is 2.98. The molecular formula is C15H16N2OS. The number of rotatable bonds is 6. The maximum atomic E-state index is 11.9. The SMILES string of the molecule is C=CCC(NNC(=O)c1ccccc1)c1ccsc1. The maximum Gasteiger partial charge on any atom is 0.265 e. The van der Waals surface area contributed by atoms with Gasteiger partial charge in [-0.2, -0.15) is 11.3 Å². The number of carbonyl (C=O) groups is 1. The van der Waals surface area contributed by atoms with Gasteiger partial charge >= 0.3 is 0 Å². The lowest BCUT2D eigenvalue weighted by atomic mass is 10.1. The van der Waals surface area contributed by atoms with Crippen LogP contribution in [-0.4, -0.2) is 5.91 Å². The summed E-state index contributed by atoms with van der Waals surface area (Å²) in [5.41, 5.74) is 7.59. The van der Waals surface area contributed by atoms with Crippen molar-refractivity contribution in [3.05, 3.63) is 70.9 Å². The van der Waals surface area contributed by atoms with E-state index in [4.69, 9.17) is 0 Å². The van der Waals surface area contributed by atoms with Crippen LogP contribution in [0, 0.1) is 0 Å². The van der Waals surface area contributed by atoms with Crippen LogP contribution in [0.5, 0.6) is 0 Å². The van der Waals surface area contributed by atoms with Crippen LogP contribution >= 0.6 is 11.3 Å². The highest BCUT2D eigenvalue weighted by atomic mass is 32.1. The van der Waals surface area contributed by atoms with Crippen LogP contribution in [-0.2, 0) is 0 Å². The molecule has 0 saturated carbocycles. The molecule has 0 bridgehead atoms. The molecule has 0 aliphatic carbocycles. The molecule has 4 heteroatoms. The van der Waals surface area contributed by atoms with Crippen molar-refractivity contribution >= 4 is 17.2 Å². The molecule has 0 saturated heterocycles. The Kier molecular flexibility index (Phi) is 4.89. The van der Waals surface area contributed by atoms with E-state index < -0.39 is 0 Å². The zero-order valence-electron chi connectivity index (χ0n) is 10.5. The van der Waals surface area contributed by atoms with Crippen LogP contribution in [0.15, 0.2) is 59.8 Å². The number of amides is 1. The molecule has 1 amide bonds. The topological polar surface area (TPSA) is 41.1 Å². The molecular weight excluding hydrogens is 256 g/mol. The van der Waals surface area contributed by atoms with Crippen LogP contribution in [0.4, 0.5) is 0 Å². The summed E-state index contributed by atoms with van der Waals surface area (Å²) in [5.74, 6) is -0.134. The van der Waals surface area contributed by atoms with E-state index in [1.54, 1.807) is 23.5 Å². The lowest BCUT2D eigenvalue weighted by molar-refractivity contribution is 0.0925. The summed E-state index contributed by atoms with van der Waals surface area (Å²) in [6.07, 6.45) is 2.59. The van der Waals surface area contributed by atoms with Crippen LogP contribution in [0.1, 0.15) is 28.4 Å². The van der Waals surface area contributed by atoms with Crippen molar-refractivity contribution in [2.24, 2.45) is 0 Å². The highest BCUT2D eigenvalue weighted by molar-refractivity contribution is 7.07. The largest absolute Gasteiger partial charge is 0.287 e. The lowest BCUT2D eigenvalue weighted by Gasteiger charge is -2.16. The number of nitrogens with one attached hydrogen (secondary N) is 2. The van der Waals surface area contributed by atoms with E-state index in [2.05, 4.69) is 22.8 Å². The van der Waals surface area contributed by atoms with Crippen LogP contribution in [0.25, 0.3) is 0 Å². The number of hydrazine groups is 1. The number of thiophene rings is 1. The van der Waals surface area contributed by atoms with E-state index in [1.165, 1.54) is 0 Å². The molecule has 2 rings (SSSR count). The van der Waals surface area contributed by atoms with E-state index in [0.29, 0.717) is 5.56 Å². The van der Waals surface area contributed by atoms with Gasteiger partial charge in [0.05, 0.1) is 6.04 Å². The Hall–Kier alpha value is -1.91. The second kappa shape index (κ2) is 6.87. The average molecular weight is 272 g/mol. The van der Waals surface area contributed by atoms with Gasteiger partial charge in [0.15, 0.2) is 0 Å². The van der Waals surface area contributed by atoms with Gasteiger partial charge in [-0.3, -0.25) is 10.2 Å². The molecule has 98 valence electrons.